The lowest BCUT2D eigenvalue weighted by atomic mass is 10.1. The van der Waals surface area contributed by atoms with Gasteiger partial charge in [0.05, 0.1) is 5.69 Å². The predicted octanol–water partition coefficient (Wildman–Crippen LogP) is 4.57. The second kappa shape index (κ2) is 6.32. The maximum Gasteiger partial charge on any atom is 0.149 e. The standard InChI is InChI=1S/C19H14F2N4/c20-14-4-5-17(16(21)9-14)25-18-6-3-12(10-23-18)8-13-11-24-19-15(13)2-1-7-22-19/h1-7,9-11H,8H2,(H,22,24)(H,23,25). The number of halogens is 2. The van der Waals surface area contributed by atoms with Crippen molar-refractivity contribution < 1.29 is 8.78 Å². The topological polar surface area (TPSA) is 53.6 Å². The molecule has 0 saturated carbocycles. The molecule has 0 spiro atoms. The van der Waals surface area contributed by atoms with Crippen LogP contribution in [-0.4, -0.2) is 15.0 Å². The average Bonchev–Trinajstić information content (AvgIpc) is 3.02. The Morgan fingerprint density at radius 2 is 1.96 bits per heavy atom. The molecule has 0 amide bonds. The van der Waals surface area contributed by atoms with Gasteiger partial charge in [-0.05, 0) is 41.5 Å². The van der Waals surface area contributed by atoms with Gasteiger partial charge in [-0.3, -0.25) is 0 Å². The molecule has 0 saturated heterocycles. The van der Waals surface area contributed by atoms with Gasteiger partial charge in [-0.1, -0.05) is 6.07 Å². The summed E-state index contributed by atoms with van der Waals surface area (Å²) in [6.07, 6.45) is 6.14. The van der Waals surface area contributed by atoms with Crippen molar-refractivity contribution in [1.29, 1.82) is 0 Å². The van der Waals surface area contributed by atoms with E-state index in [2.05, 4.69) is 20.3 Å². The van der Waals surface area contributed by atoms with E-state index in [0.29, 0.717) is 12.2 Å². The van der Waals surface area contributed by atoms with Crippen LogP contribution in [-0.2, 0) is 6.42 Å². The Kier molecular flexibility index (Phi) is 3.85. The van der Waals surface area contributed by atoms with Crippen LogP contribution in [0.3, 0.4) is 0 Å². The van der Waals surface area contributed by atoms with Crippen molar-refractivity contribution in [2.45, 2.75) is 6.42 Å². The monoisotopic (exact) mass is 336 g/mol. The molecule has 2 N–H and O–H groups in total. The minimum atomic E-state index is -0.655. The number of hydrogen-bond acceptors (Lipinski definition) is 3. The van der Waals surface area contributed by atoms with E-state index in [0.717, 1.165) is 28.2 Å². The summed E-state index contributed by atoms with van der Waals surface area (Å²) in [5.41, 5.74) is 3.20. The maximum absolute atomic E-state index is 13.7. The molecule has 124 valence electrons. The number of anilines is 2. The van der Waals surface area contributed by atoms with Gasteiger partial charge in [-0.25, -0.2) is 18.7 Å². The molecule has 0 fully saturated rings. The first kappa shape index (κ1) is 15.3. The van der Waals surface area contributed by atoms with Gasteiger partial charge >= 0.3 is 0 Å². The van der Waals surface area contributed by atoms with Crippen molar-refractivity contribution in [2.24, 2.45) is 0 Å². The van der Waals surface area contributed by atoms with Crippen LogP contribution in [0.4, 0.5) is 20.3 Å². The van der Waals surface area contributed by atoms with Crippen LogP contribution in [0.5, 0.6) is 0 Å². The number of aromatic amines is 1. The molecule has 0 aliphatic rings. The number of nitrogens with zero attached hydrogens (tertiary/aromatic N) is 2. The first-order valence-electron chi connectivity index (χ1n) is 7.77. The molecule has 6 heteroatoms. The summed E-state index contributed by atoms with van der Waals surface area (Å²) in [4.78, 5) is 11.7. The molecule has 25 heavy (non-hydrogen) atoms. The van der Waals surface area contributed by atoms with Crippen molar-refractivity contribution in [3.63, 3.8) is 0 Å². The van der Waals surface area contributed by atoms with E-state index in [1.165, 1.54) is 12.1 Å². The van der Waals surface area contributed by atoms with Gasteiger partial charge in [0.25, 0.3) is 0 Å². The van der Waals surface area contributed by atoms with Crippen molar-refractivity contribution in [3.8, 4) is 0 Å². The normalized spacial score (nSPS) is 11.0. The Balaban J connectivity index is 1.52. The van der Waals surface area contributed by atoms with Crippen LogP contribution >= 0.6 is 0 Å². The van der Waals surface area contributed by atoms with Crippen LogP contribution in [0.2, 0.25) is 0 Å². The lowest BCUT2D eigenvalue weighted by molar-refractivity contribution is 0.586. The molecule has 1 aromatic carbocycles. The Morgan fingerprint density at radius 3 is 2.76 bits per heavy atom. The number of benzene rings is 1. The smallest absolute Gasteiger partial charge is 0.149 e. The summed E-state index contributed by atoms with van der Waals surface area (Å²) in [7, 11) is 0. The highest BCUT2D eigenvalue weighted by Gasteiger charge is 2.07. The molecule has 3 aromatic heterocycles. The highest BCUT2D eigenvalue weighted by atomic mass is 19.1. The average molecular weight is 336 g/mol. The number of nitrogens with one attached hydrogen (secondary N) is 2. The highest BCUT2D eigenvalue weighted by Crippen LogP contribution is 2.22. The largest absolute Gasteiger partial charge is 0.346 e. The fourth-order valence-electron chi connectivity index (χ4n) is 2.71. The zero-order chi connectivity index (χ0) is 17.2. The molecule has 4 aromatic rings. The quantitative estimate of drug-likeness (QED) is 0.574. The lowest BCUT2D eigenvalue weighted by Crippen LogP contribution is -1.97. The zero-order valence-electron chi connectivity index (χ0n) is 13.1. The van der Waals surface area contributed by atoms with Crippen molar-refractivity contribution >= 4 is 22.5 Å². The molecule has 0 radical (unpaired) electrons. The van der Waals surface area contributed by atoms with Crippen LogP contribution < -0.4 is 5.32 Å². The third-order valence-corrected chi connectivity index (χ3v) is 3.95. The minimum Gasteiger partial charge on any atom is -0.346 e. The second-order valence-electron chi connectivity index (χ2n) is 5.69. The van der Waals surface area contributed by atoms with Gasteiger partial charge in [0.15, 0.2) is 0 Å². The Bertz CT molecular complexity index is 1030. The molecule has 0 bridgehead atoms. The van der Waals surface area contributed by atoms with Crippen LogP contribution in [0.15, 0.2) is 61.1 Å². The molecular weight excluding hydrogens is 322 g/mol. The second-order valence-corrected chi connectivity index (χ2v) is 5.69. The van der Waals surface area contributed by atoms with E-state index < -0.39 is 11.6 Å². The fourth-order valence-corrected chi connectivity index (χ4v) is 2.71. The van der Waals surface area contributed by atoms with Crippen molar-refractivity contribution in [2.75, 3.05) is 5.32 Å². The third-order valence-electron chi connectivity index (χ3n) is 3.95. The first-order valence-corrected chi connectivity index (χ1v) is 7.77. The molecule has 0 atom stereocenters. The predicted molar refractivity (Wildman–Crippen MR) is 92.8 cm³/mol. The number of pyridine rings is 2. The van der Waals surface area contributed by atoms with Gasteiger partial charge in [-0.2, -0.15) is 0 Å². The molecular formula is C19H14F2N4. The third kappa shape index (κ3) is 3.19. The summed E-state index contributed by atoms with van der Waals surface area (Å²) < 4.78 is 26.6. The van der Waals surface area contributed by atoms with Gasteiger partial charge in [0.2, 0.25) is 0 Å². The Hall–Kier alpha value is -3.28. The number of aromatic nitrogens is 3. The van der Waals surface area contributed by atoms with Gasteiger partial charge < -0.3 is 10.3 Å². The summed E-state index contributed by atoms with van der Waals surface area (Å²) in [6.45, 7) is 0. The molecule has 3 heterocycles. The summed E-state index contributed by atoms with van der Waals surface area (Å²) in [6, 6.07) is 11.0. The zero-order valence-corrected chi connectivity index (χ0v) is 13.1. The Labute approximate surface area is 142 Å². The number of fused-ring (bicyclic) bond motifs is 1. The van der Waals surface area contributed by atoms with E-state index >= 15 is 0 Å². The Morgan fingerprint density at radius 1 is 1.04 bits per heavy atom. The van der Waals surface area contributed by atoms with E-state index in [1.54, 1.807) is 18.5 Å². The number of H-pyrrole nitrogens is 1. The van der Waals surface area contributed by atoms with E-state index in [4.69, 9.17) is 0 Å². The molecule has 0 aliphatic carbocycles. The van der Waals surface area contributed by atoms with E-state index in [9.17, 15) is 8.78 Å². The van der Waals surface area contributed by atoms with Crippen LogP contribution in [0, 0.1) is 11.6 Å². The van der Waals surface area contributed by atoms with Crippen LogP contribution in [0.1, 0.15) is 11.1 Å². The molecule has 4 nitrogen and oxygen atoms in total. The number of rotatable bonds is 4. The fraction of sp³-hybridized carbons (Fsp3) is 0.0526. The molecule has 4 rings (SSSR count). The summed E-state index contributed by atoms with van der Waals surface area (Å²) in [5.74, 6) is -0.772. The van der Waals surface area contributed by atoms with Crippen molar-refractivity contribution in [1.82, 2.24) is 15.0 Å². The number of hydrogen-bond donors (Lipinski definition) is 2. The highest BCUT2D eigenvalue weighted by molar-refractivity contribution is 5.79. The summed E-state index contributed by atoms with van der Waals surface area (Å²) in [5, 5.41) is 3.93. The van der Waals surface area contributed by atoms with Gasteiger partial charge in [0.1, 0.15) is 23.1 Å². The lowest BCUT2D eigenvalue weighted by Gasteiger charge is -2.07. The van der Waals surface area contributed by atoms with Crippen molar-refractivity contribution in [3.05, 3.63) is 83.8 Å². The molecule has 0 aliphatic heterocycles. The minimum absolute atomic E-state index is 0.185. The first-order chi connectivity index (χ1) is 12.2. The SMILES string of the molecule is Fc1ccc(Nc2ccc(Cc3c[nH]c4ncccc34)cn2)c(F)c1. The van der Waals surface area contributed by atoms with Gasteiger partial charge in [-0.15, -0.1) is 0 Å². The van der Waals surface area contributed by atoms with Gasteiger partial charge in [0, 0.05) is 36.5 Å². The van der Waals surface area contributed by atoms with E-state index in [1.807, 2.05) is 24.4 Å². The molecule has 0 unspecified atom stereocenters. The van der Waals surface area contributed by atoms with E-state index in [-0.39, 0.29) is 5.69 Å². The maximum atomic E-state index is 13.7. The summed E-state index contributed by atoms with van der Waals surface area (Å²) >= 11 is 0. The van der Waals surface area contributed by atoms with Crippen LogP contribution in [0.25, 0.3) is 11.0 Å².